The average molecular weight is 338 g/mol. The van der Waals surface area contributed by atoms with Gasteiger partial charge in [-0.25, -0.2) is 0 Å². The third-order valence-corrected chi connectivity index (χ3v) is 5.72. The van der Waals surface area contributed by atoms with E-state index in [1.165, 1.54) is 0 Å². The summed E-state index contributed by atoms with van der Waals surface area (Å²) in [5, 5.41) is 4.25. The zero-order valence-corrected chi connectivity index (χ0v) is 14.6. The number of aromatic nitrogens is 2. The molecule has 1 aromatic heterocycles. The van der Waals surface area contributed by atoms with E-state index in [2.05, 4.69) is 14.9 Å². The summed E-state index contributed by atoms with van der Waals surface area (Å²) in [5.41, 5.74) is 0.714. The van der Waals surface area contributed by atoms with E-state index in [-0.39, 0.29) is 5.91 Å². The Morgan fingerprint density at radius 3 is 2.96 bits per heavy atom. The van der Waals surface area contributed by atoms with Crippen molar-refractivity contribution < 1.29 is 9.53 Å². The molecule has 128 valence electrons. The molecule has 0 aliphatic carbocycles. The van der Waals surface area contributed by atoms with Crippen LogP contribution in [0, 0.1) is 0 Å². The fraction of sp³-hybridized carbons (Fsp3) is 0.750. The van der Waals surface area contributed by atoms with Crippen LogP contribution in [0.25, 0.3) is 0 Å². The molecule has 0 radical (unpaired) electrons. The van der Waals surface area contributed by atoms with E-state index < -0.39 is 0 Å². The lowest BCUT2D eigenvalue weighted by molar-refractivity contribution is 0.0303. The van der Waals surface area contributed by atoms with E-state index in [0.717, 1.165) is 63.9 Å². The van der Waals surface area contributed by atoms with E-state index in [0.29, 0.717) is 11.6 Å². The van der Waals surface area contributed by atoms with Crippen molar-refractivity contribution in [2.75, 3.05) is 50.9 Å². The number of rotatable bonds is 6. The highest BCUT2D eigenvalue weighted by Gasteiger charge is 2.29. The predicted octanol–water partition coefficient (Wildman–Crippen LogP) is 1.18. The first-order valence-corrected chi connectivity index (χ1v) is 9.64. The largest absolute Gasteiger partial charge is 0.379 e. The quantitative estimate of drug-likeness (QED) is 0.780. The molecule has 2 fully saturated rings. The molecule has 0 spiro atoms. The van der Waals surface area contributed by atoms with Crippen molar-refractivity contribution in [1.82, 2.24) is 19.6 Å². The number of carbonyl (C=O) groups excluding carboxylic acids is 1. The number of morpholine rings is 1. The van der Waals surface area contributed by atoms with Gasteiger partial charge >= 0.3 is 0 Å². The third-order valence-electron chi connectivity index (χ3n) is 4.57. The normalized spacial score (nSPS) is 22.4. The molecule has 0 bridgehead atoms. The van der Waals surface area contributed by atoms with E-state index in [1.54, 1.807) is 6.20 Å². The highest BCUT2D eigenvalue weighted by Crippen LogP contribution is 2.24. The van der Waals surface area contributed by atoms with Crippen LogP contribution in [0.4, 0.5) is 0 Å². The van der Waals surface area contributed by atoms with E-state index in [4.69, 9.17) is 4.74 Å². The Morgan fingerprint density at radius 1 is 1.48 bits per heavy atom. The zero-order valence-electron chi connectivity index (χ0n) is 13.8. The molecule has 3 heterocycles. The van der Waals surface area contributed by atoms with Crippen LogP contribution in [-0.4, -0.2) is 82.4 Å². The maximum Gasteiger partial charge on any atom is 0.257 e. The van der Waals surface area contributed by atoms with Gasteiger partial charge in [0, 0.05) is 50.7 Å². The molecule has 7 heteroatoms. The van der Waals surface area contributed by atoms with Crippen LogP contribution in [0.1, 0.15) is 23.7 Å². The Bertz CT molecular complexity index is 510. The van der Waals surface area contributed by atoms with E-state index in [1.807, 2.05) is 29.6 Å². The second-order valence-corrected chi connectivity index (χ2v) is 7.20. The average Bonchev–Trinajstić information content (AvgIpc) is 3.27. The molecule has 1 aromatic rings. The molecule has 2 saturated heterocycles. The van der Waals surface area contributed by atoms with Crippen LogP contribution in [0.15, 0.2) is 12.4 Å². The topological polar surface area (TPSA) is 50.6 Å². The summed E-state index contributed by atoms with van der Waals surface area (Å²) in [4.78, 5) is 17.4. The standard InChI is InChI=1S/C16H26N4O2S/c1-2-19-12-14(11-17-19)16(21)20(15-3-10-23-13-15)5-4-18-6-8-22-9-7-18/h11-12,15H,2-10,13H2,1H3/t15-/m0/s1. The Morgan fingerprint density at radius 2 is 2.30 bits per heavy atom. The van der Waals surface area contributed by atoms with E-state index in [9.17, 15) is 4.79 Å². The minimum absolute atomic E-state index is 0.130. The van der Waals surface area contributed by atoms with Crippen molar-refractivity contribution in [3.63, 3.8) is 0 Å². The summed E-state index contributed by atoms with van der Waals surface area (Å²) in [7, 11) is 0. The van der Waals surface area contributed by atoms with Gasteiger partial charge < -0.3 is 9.64 Å². The van der Waals surface area contributed by atoms with Gasteiger partial charge in [-0.15, -0.1) is 0 Å². The number of nitrogens with zero attached hydrogens (tertiary/aromatic N) is 4. The molecular weight excluding hydrogens is 312 g/mol. The van der Waals surface area contributed by atoms with E-state index >= 15 is 0 Å². The smallest absolute Gasteiger partial charge is 0.257 e. The Kier molecular flexibility index (Phi) is 5.96. The van der Waals surface area contributed by atoms with Gasteiger partial charge in [0.05, 0.1) is 25.0 Å². The summed E-state index contributed by atoms with van der Waals surface area (Å²) in [6.07, 6.45) is 4.67. The molecule has 0 N–H and O–H groups in total. The zero-order chi connectivity index (χ0) is 16.1. The monoisotopic (exact) mass is 338 g/mol. The molecule has 1 atom stereocenters. The van der Waals surface area contributed by atoms with Gasteiger partial charge in [-0.05, 0) is 19.1 Å². The molecule has 2 aliphatic heterocycles. The molecule has 0 aromatic carbocycles. The maximum atomic E-state index is 13.0. The lowest BCUT2D eigenvalue weighted by Gasteiger charge is -2.32. The highest BCUT2D eigenvalue weighted by atomic mass is 32.2. The summed E-state index contributed by atoms with van der Waals surface area (Å²) in [6, 6.07) is 0.360. The minimum Gasteiger partial charge on any atom is -0.379 e. The number of carbonyl (C=O) groups is 1. The Hall–Kier alpha value is -1.05. The summed E-state index contributed by atoms with van der Waals surface area (Å²) in [6.45, 7) is 8.09. The lowest BCUT2D eigenvalue weighted by Crippen LogP contribution is -2.47. The molecule has 0 unspecified atom stereocenters. The van der Waals surface area contributed by atoms with Gasteiger partial charge in [0.25, 0.3) is 5.91 Å². The lowest BCUT2D eigenvalue weighted by atomic mass is 10.2. The molecule has 2 aliphatic rings. The van der Waals surface area contributed by atoms with Crippen molar-refractivity contribution in [2.45, 2.75) is 25.9 Å². The number of ether oxygens (including phenoxy) is 1. The van der Waals surface area contributed by atoms with Crippen molar-refractivity contribution >= 4 is 17.7 Å². The first-order valence-electron chi connectivity index (χ1n) is 8.49. The number of amides is 1. The van der Waals surface area contributed by atoms with Crippen LogP contribution >= 0.6 is 11.8 Å². The van der Waals surface area contributed by atoms with Crippen molar-refractivity contribution in [3.05, 3.63) is 18.0 Å². The molecule has 6 nitrogen and oxygen atoms in total. The number of aryl methyl sites for hydroxylation is 1. The predicted molar refractivity (Wildman–Crippen MR) is 91.9 cm³/mol. The summed E-state index contributed by atoms with van der Waals surface area (Å²) >= 11 is 1.95. The minimum atomic E-state index is 0.130. The number of thioether (sulfide) groups is 1. The second-order valence-electron chi connectivity index (χ2n) is 6.05. The van der Waals surface area contributed by atoms with Crippen LogP contribution < -0.4 is 0 Å². The van der Waals surface area contributed by atoms with Gasteiger partial charge in [-0.3, -0.25) is 14.4 Å². The van der Waals surface area contributed by atoms with Crippen molar-refractivity contribution in [1.29, 1.82) is 0 Å². The number of hydrogen-bond donors (Lipinski definition) is 0. The molecule has 23 heavy (non-hydrogen) atoms. The van der Waals surface area contributed by atoms with Crippen molar-refractivity contribution in [2.24, 2.45) is 0 Å². The molecule has 3 rings (SSSR count). The summed E-state index contributed by atoms with van der Waals surface area (Å²) < 4.78 is 7.22. The number of hydrogen-bond acceptors (Lipinski definition) is 5. The van der Waals surface area contributed by atoms with Crippen LogP contribution in [0.2, 0.25) is 0 Å². The second kappa shape index (κ2) is 8.17. The van der Waals surface area contributed by atoms with Crippen molar-refractivity contribution in [3.8, 4) is 0 Å². The first-order chi connectivity index (χ1) is 11.3. The van der Waals surface area contributed by atoms with Crippen LogP contribution in [0.3, 0.4) is 0 Å². The fourth-order valence-corrected chi connectivity index (χ4v) is 4.33. The van der Waals surface area contributed by atoms with Gasteiger partial charge in [0.2, 0.25) is 0 Å². The van der Waals surface area contributed by atoms with Gasteiger partial charge in [0.15, 0.2) is 0 Å². The first kappa shape index (κ1) is 16.8. The fourth-order valence-electron chi connectivity index (χ4n) is 3.10. The van der Waals surface area contributed by atoms with Gasteiger partial charge in [-0.1, -0.05) is 0 Å². The SMILES string of the molecule is CCn1cc(C(=O)N(CCN2CCOCC2)[C@H]2CCSC2)cn1. The summed E-state index contributed by atoms with van der Waals surface area (Å²) in [5.74, 6) is 2.34. The highest BCUT2D eigenvalue weighted by molar-refractivity contribution is 7.99. The Labute approximate surface area is 142 Å². The maximum absolute atomic E-state index is 13.0. The van der Waals surface area contributed by atoms with Gasteiger partial charge in [-0.2, -0.15) is 16.9 Å². The Balaban J connectivity index is 1.65. The third kappa shape index (κ3) is 4.28. The molecular formula is C16H26N4O2S. The molecule has 1 amide bonds. The van der Waals surface area contributed by atoms with Crippen LogP contribution in [0.5, 0.6) is 0 Å². The van der Waals surface area contributed by atoms with Gasteiger partial charge in [0.1, 0.15) is 0 Å². The van der Waals surface area contributed by atoms with Crippen LogP contribution in [-0.2, 0) is 11.3 Å². The molecule has 0 saturated carbocycles.